The lowest BCUT2D eigenvalue weighted by Gasteiger charge is -2.40. The average molecular weight is 267 g/mol. The predicted octanol–water partition coefficient (Wildman–Crippen LogP) is 3.28. The third-order valence-electron chi connectivity index (χ3n) is 5.09. The van der Waals surface area contributed by atoms with E-state index in [-0.39, 0.29) is 12.0 Å². The van der Waals surface area contributed by atoms with Gasteiger partial charge in [-0.3, -0.25) is 4.79 Å². The first-order valence-electron chi connectivity index (χ1n) is 8.06. The van der Waals surface area contributed by atoms with Crippen LogP contribution in [0.1, 0.15) is 64.7 Å². The number of methoxy groups -OCH3 is 1. The van der Waals surface area contributed by atoms with E-state index in [0.29, 0.717) is 6.04 Å². The van der Waals surface area contributed by atoms with Gasteiger partial charge in [-0.15, -0.1) is 0 Å². The fourth-order valence-electron chi connectivity index (χ4n) is 4.06. The Labute approximate surface area is 117 Å². The van der Waals surface area contributed by atoms with Gasteiger partial charge < -0.3 is 10.1 Å². The summed E-state index contributed by atoms with van der Waals surface area (Å²) >= 11 is 0. The molecule has 2 aliphatic rings. The quantitative estimate of drug-likeness (QED) is 0.794. The van der Waals surface area contributed by atoms with Crippen LogP contribution in [0.5, 0.6) is 0 Å². The first-order chi connectivity index (χ1) is 9.22. The van der Waals surface area contributed by atoms with Crippen LogP contribution >= 0.6 is 0 Å². The first kappa shape index (κ1) is 14.8. The van der Waals surface area contributed by atoms with Crippen LogP contribution < -0.4 is 5.32 Å². The van der Waals surface area contributed by atoms with Gasteiger partial charge in [-0.05, 0) is 31.6 Å². The number of hydrogen-bond acceptors (Lipinski definition) is 3. The fraction of sp³-hybridized carbons (Fsp3) is 0.938. The first-order valence-corrected chi connectivity index (χ1v) is 8.06. The lowest BCUT2D eigenvalue weighted by Crippen LogP contribution is -2.48. The molecule has 1 N–H and O–H groups in total. The zero-order chi connectivity index (χ0) is 13.7. The van der Waals surface area contributed by atoms with Gasteiger partial charge >= 0.3 is 5.97 Å². The van der Waals surface area contributed by atoms with E-state index in [4.69, 9.17) is 4.74 Å². The van der Waals surface area contributed by atoms with Crippen molar-refractivity contribution >= 4 is 5.97 Å². The second-order valence-corrected chi connectivity index (χ2v) is 6.36. The lowest BCUT2D eigenvalue weighted by molar-refractivity contribution is -0.143. The van der Waals surface area contributed by atoms with Crippen LogP contribution in [0.3, 0.4) is 0 Å². The molecule has 2 aliphatic carbocycles. The highest BCUT2D eigenvalue weighted by Crippen LogP contribution is 2.38. The number of carbonyl (C=O) groups excluding carboxylic acids is 1. The lowest BCUT2D eigenvalue weighted by atomic mass is 9.71. The Kier molecular flexibility index (Phi) is 5.68. The number of hydrogen-bond donors (Lipinski definition) is 1. The number of rotatable bonds is 4. The smallest absolute Gasteiger partial charge is 0.322 e. The summed E-state index contributed by atoms with van der Waals surface area (Å²) in [5.41, 5.74) is 0. The minimum atomic E-state index is -0.167. The highest BCUT2D eigenvalue weighted by atomic mass is 16.5. The molecule has 2 rings (SSSR count). The summed E-state index contributed by atoms with van der Waals surface area (Å²) in [6.45, 7) is 1.93. The summed E-state index contributed by atoms with van der Waals surface area (Å²) in [7, 11) is 1.47. The Morgan fingerprint density at radius 2 is 1.68 bits per heavy atom. The summed E-state index contributed by atoms with van der Waals surface area (Å²) in [6, 6.07) is 0.352. The number of nitrogens with one attached hydrogen (secondary N) is 1. The molecule has 110 valence electrons. The highest BCUT2D eigenvalue weighted by Gasteiger charge is 2.33. The Morgan fingerprint density at radius 1 is 1.05 bits per heavy atom. The van der Waals surface area contributed by atoms with Gasteiger partial charge in [0.05, 0.1) is 7.11 Å². The minimum absolute atomic E-state index is 0.132. The van der Waals surface area contributed by atoms with Gasteiger partial charge in [0.25, 0.3) is 0 Å². The van der Waals surface area contributed by atoms with E-state index in [0.717, 1.165) is 11.8 Å². The molecular formula is C16H29NO2. The molecule has 0 spiro atoms. The molecule has 0 radical (unpaired) electrons. The molecule has 0 aromatic rings. The number of esters is 1. The molecular weight excluding hydrogens is 238 g/mol. The van der Waals surface area contributed by atoms with E-state index < -0.39 is 0 Å². The molecule has 2 fully saturated rings. The number of ether oxygens (including phenoxy) is 1. The van der Waals surface area contributed by atoms with Crippen molar-refractivity contribution in [3.8, 4) is 0 Å². The van der Waals surface area contributed by atoms with Gasteiger partial charge in [0.1, 0.15) is 6.04 Å². The second kappa shape index (κ2) is 7.28. The molecule has 0 amide bonds. The van der Waals surface area contributed by atoms with Crippen LogP contribution in [0.25, 0.3) is 0 Å². The van der Waals surface area contributed by atoms with Gasteiger partial charge in [-0.25, -0.2) is 0 Å². The average Bonchev–Trinajstić information content (AvgIpc) is 2.47. The van der Waals surface area contributed by atoms with Crippen molar-refractivity contribution < 1.29 is 9.53 Å². The van der Waals surface area contributed by atoms with Gasteiger partial charge in [-0.2, -0.15) is 0 Å². The largest absolute Gasteiger partial charge is 0.468 e. The van der Waals surface area contributed by atoms with Crippen LogP contribution in [-0.2, 0) is 9.53 Å². The maximum Gasteiger partial charge on any atom is 0.322 e. The summed E-state index contributed by atoms with van der Waals surface area (Å²) in [5, 5.41) is 3.54. The highest BCUT2D eigenvalue weighted by molar-refractivity contribution is 5.75. The van der Waals surface area contributed by atoms with Crippen LogP contribution in [0.4, 0.5) is 0 Å². The van der Waals surface area contributed by atoms with Crippen molar-refractivity contribution in [2.75, 3.05) is 7.11 Å². The summed E-state index contributed by atoms with van der Waals surface area (Å²) in [6.07, 6.45) is 12.3. The van der Waals surface area contributed by atoms with E-state index in [9.17, 15) is 4.79 Å². The van der Waals surface area contributed by atoms with Gasteiger partial charge in [0, 0.05) is 6.04 Å². The van der Waals surface area contributed by atoms with Crippen molar-refractivity contribution in [2.24, 2.45) is 11.8 Å². The summed E-state index contributed by atoms with van der Waals surface area (Å²) in [5.74, 6) is 1.53. The normalized spacial score (nSPS) is 30.8. The van der Waals surface area contributed by atoms with Crippen molar-refractivity contribution in [3.63, 3.8) is 0 Å². The molecule has 0 aromatic heterocycles. The molecule has 0 saturated heterocycles. The molecule has 19 heavy (non-hydrogen) atoms. The zero-order valence-corrected chi connectivity index (χ0v) is 12.5. The second-order valence-electron chi connectivity index (χ2n) is 6.36. The van der Waals surface area contributed by atoms with Crippen molar-refractivity contribution in [2.45, 2.75) is 76.8 Å². The third-order valence-corrected chi connectivity index (χ3v) is 5.09. The maximum absolute atomic E-state index is 11.6. The van der Waals surface area contributed by atoms with Gasteiger partial charge in [-0.1, -0.05) is 44.9 Å². The van der Waals surface area contributed by atoms with Crippen molar-refractivity contribution in [1.82, 2.24) is 5.32 Å². The van der Waals surface area contributed by atoms with Crippen LogP contribution in [0.2, 0.25) is 0 Å². The molecule has 3 atom stereocenters. The standard InChI is InChI=1S/C16H29NO2/c1-12(16(18)19-2)17-15-11-7-6-10-14(15)13-8-4-3-5-9-13/h12-15,17H,3-11H2,1-2H3/t12-,14?,15?/m0/s1. The van der Waals surface area contributed by atoms with Crippen molar-refractivity contribution in [3.05, 3.63) is 0 Å². The van der Waals surface area contributed by atoms with Crippen molar-refractivity contribution in [1.29, 1.82) is 0 Å². The van der Waals surface area contributed by atoms with Crippen LogP contribution in [0, 0.1) is 11.8 Å². The Bertz CT molecular complexity index is 286. The fourth-order valence-corrected chi connectivity index (χ4v) is 4.06. The minimum Gasteiger partial charge on any atom is -0.468 e. The molecule has 0 aliphatic heterocycles. The molecule has 3 nitrogen and oxygen atoms in total. The predicted molar refractivity (Wildman–Crippen MR) is 76.9 cm³/mol. The zero-order valence-electron chi connectivity index (χ0n) is 12.5. The van der Waals surface area contributed by atoms with E-state index >= 15 is 0 Å². The van der Waals surface area contributed by atoms with Crippen LogP contribution in [0.15, 0.2) is 0 Å². The summed E-state index contributed by atoms with van der Waals surface area (Å²) < 4.78 is 4.83. The SMILES string of the molecule is COC(=O)[C@H](C)NC1CCCCC1C1CCCCC1. The number of carbonyl (C=O) groups is 1. The molecule has 3 heteroatoms. The Balaban J connectivity index is 1.93. The van der Waals surface area contributed by atoms with Crippen LogP contribution in [-0.4, -0.2) is 25.2 Å². The third kappa shape index (κ3) is 3.95. The van der Waals surface area contributed by atoms with Gasteiger partial charge in [0.15, 0.2) is 0 Å². The molecule has 2 saturated carbocycles. The maximum atomic E-state index is 11.6. The van der Waals surface area contributed by atoms with E-state index in [1.54, 1.807) is 0 Å². The van der Waals surface area contributed by atoms with E-state index in [1.807, 2.05) is 6.92 Å². The Hall–Kier alpha value is -0.570. The molecule has 2 unspecified atom stereocenters. The Morgan fingerprint density at radius 3 is 2.37 bits per heavy atom. The van der Waals surface area contributed by atoms with Gasteiger partial charge in [0.2, 0.25) is 0 Å². The molecule has 0 bridgehead atoms. The molecule has 0 aromatic carbocycles. The molecule has 0 heterocycles. The van der Waals surface area contributed by atoms with E-state index in [2.05, 4.69) is 5.32 Å². The summed E-state index contributed by atoms with van der Waals surface area (Å²) in [4.78, 5) is 11.6. The topological polar surface area (TPSA) is 38.3 Å². The monoisotopic (exact) mass is 267 g/mol. The van der Waals surface area contributed by atoms with E-state index in [1.165, 1.54) is 64.9 Å².